The van der Waals surface area contributed by atoms with Crippen molar-refractivity contribution in [3.63, 3.8) is 0 Å². The summed E-state index contributed by atoms with van der Waals surface area (Å²) in [6.45, 7) is 2.60. The van der Waals surface area contributed by atoms with Gasteiger partial charge in [-0.15, -0.1) is 0 Å². The third kappa shape index (κ3) is 5.33. The molecule has 36 heavy (non-hydrogen) atoms. The van der Waals surface area contributed by atoms with E-state index in [1.165, 1.54) is 21.0 Å². The summed E-state index contributed by atoms with van der Waals surface area (Å²) in [5.41, 5.74) is 1.77. The average Bonchev–Trinajstić information content (AvgIpc) is 3.21. The Kier molecular flexibility index (Phi) is 8.15. The van der Waals surface area contributed by atoms with E-state index in [4.69, 9.17) is 23.7 Å². The van der Waals surface area contributed by atoms with Gasteiger partial charge < -0.3 is 23.7 Å². The molecule has 0 saturated carbocycles. The predicted octanol–water partition coefficient (Wildman–Crippen LogP) is 4.23. The van der Waals surface area contributed by atoms with E-state index >= 15 is 0 Å². The lowest BCUT2D eigenvalue weighted by molar-refractivity contribution is -0.182. The van der Waals surface area contributed by atoms with Crippen LogP contribution in [0, 0.1) is 0 Å². The number of esters is 2. The topological polar surface area (TPSA) is 80.3 Å². The van der Waals surface area contributed by atoms with Crippen molar-refractivity contribution in [2.45, 2.75) is 44.1 Å². The van der Waals surface area contributed by atoms with E-state index in [0.29, 0.717) is 0 Å². The highest BCUT2D eigenvalue weighted by atomic mass is 16.7. The summed E-state index contributed by atoms with van der Waals surface area (Å²) in [4.78, 5) is 23.7. The van der Waals surface area contributed by atoms with Crippen molar-refractivity contribution in [1.29, 1.82) is 0 Å². The van der Waals surface area contributed by atoms with E-state index in [1.54, 1.807) is 0 Å². The molecule has 4 atom stereocenters. The zero-order valence-corrected chi connectivity index (χ0v) is 20.5. The molecule has 188 valence electrons. The van der Waals surface area contributed by atoms with Crippen molar-refractivity contribution in [2.75, 3.05) is 13.7 Å². The van der Waals surface area contributed by atoms with Crippen LogP contribution in [0.3, 0.4) is 0 Å². The summed E-state index contributed by atoms with van der Waals surface area (Å²) in [6.07, 6.45) is -3.49. The molecule has 1 aliphatic rings. The highest BCUT2D eigenvalue weighted by molar-refractivity contribution is 5.67. The monoisotopic (exact) mass is 490 g/mol. The smallest absolute Gasteiger partial charge is 0.303 e. The Balaban J connectivity index is 1.76. The van der Waals surface area contributed by atoms with Gasteiger partial charge in [-0.2, -0.15) is 0 Å². The number of methoxy groups -OCH3 is 1. The second-order valence-corrected chi connectivity index (χ2v) is 8.52. The molecular weight excluding hydrogens is 460 g/mol. The van der Waals surface area contributed by atoms with Crippen LogP contribution in [0.1, 0.15) is 30.5 Å². The Labute approximate surface area is 210 Å². The number of hydrogen-bond donors (Lipinski definition) is 0. The molecule has 7 nitrogen and oxygen atoms in total. The van der Waals surface area contributed by atoms with Crippen LogP contribution in [0.5, 0.6) is 0 Å². The summed E-state index contributed by atoms with van der Waals surface area (Å²) in [5, 5.41) is 0. The molecule has 0 N–H and O–H groups in total. The van der Waals surface area contributed by atoms with Crippen LogP contribution >= 0.6 is 0 Å². The SMILES string of the molecule is CO[C@@H]1O[C@H](COC(c2ccccc2)(c2ccccc2)c2ccccc2)[C@@H](OC(C)=O)[C@H]1OC(C)=O. The zero-order chi connectivity index (χ0) is 25.5. The Morgan fingerprint density at radius 3 is 1.53 bits per heavy atom. The second kappa shape index (κ2) is 11.5. The number of rotatable bonds is 9. The molecule has 0 bridgehead atoms. The van der Waals surface area contributed by atoms with Crippen molar-refractivity contribution in [1.82, 2.24) is 0 Å². The van der Waals surface area contributed by atoms with Gasteiger partial charge in [-0.05, 0) is 16.7 Å². The fraction of sp³-hybridized carbons (Fsp3) is 0.310. The van der Waals surface area contributed by atoms with Crippen LogP contribution in [0.2, 0.25) is 0 Å². The molecule has 1 aliphatic heterocycles. The van der Waals surface area contributed by atoms with Gasteiger partial charge in [-0.25, -0.2) is 0 Å². The minimum Gasteiger partial charge on any atom is -0.455 e. The molecule has 4 rings (SSSR count). The quantitative estimate of drug-likeness (QED) is 0.328. The average molecular weight is 491 g/mol. The molecule has 0 unspecified atom stereocenters. The summed E-state index contributed by atoms with van der Waals surface area (Å²) >= 11 is 0. The van der Waals surface area contributed by atoms with Crippen LogP contribution in [0.15, 0.2) is 91.0 Å². The molecule has 3 aromatic rings. The first-order chi connectivity index (χ1) is 17.5. The van der Waals surface area contributed by atoms with Crippen LogP contribution in [-0.2, 0) is 38.9 Å². The lowest BCUT2D eigenvalue weighted by Gasteiger charge is -2.37. The van der Waals surface area contributed by atoms with Crippen molar-refractivity contribution in [2.24, 2.45) is 0 Å². The fourth-order valence-corrected chi connectivity index (χ4v) is 4.64. The normalized spacial score (nSPS) is 21.6. The van der Waals surface area contributed by atoms with Gasteiger partial charge >= 0.3 is 11.9 Å². The third-order valence-electron chi connectivity index (χ3n) is 6.11. The molecule has 1 heterocycles. The first-order valence-corrected chi connectivity index (χ1v) is 11.8. The number of benzene rings is 3. The second-order valence-electron chi connectivity index (χ2n) is 8.52. The van der Waals surface area contributed by atoms with Crippen molar-refractivity contribution >= 4 is 11.9 Å². The maximum Gasteiger partial charge on any atom is 0.303 e. The van der Waals surface area contributed by atoms with Crippen molar-refractivity contribution in [3.8, 4) is 0 Å². The summed E-state index contributed by atoms with van der Waals surface area (Å²) in [6, 6.07) is 29.7. The molecule has 0 aliphatic carbocycles. The highest BCUT2D eigenvalue weighted by Gasteiger charge is 2.51. The van der Waals surface area contributed by atoms with Gasteiger partial charge in [-0.1, -0.05) is 91.0 Å². The fourth-order valence-electron chi connectivity index (χ4n) is 4.64. The Hall–Kier alpha value is -3.52. The first kappa shape index (κ1) is 25.6. The summed E-state index contributed by atoms with van der Waals surface area (Å²) in [5.74, 6) is -1.06. The van der Waals surface area contributed by atoms with E-state index < -0.39 is 42.1 Å². The van der Waals surface area contributed by atoms with Gasteiger partial charge in [0.05, 0.1) is 6.61 Å². The molecule has 7 heteroatoms. The highest BCUT2D eigenvalue weighted by Crippen LogP contribution is 2.41. The third-order valence-corrected chi connectivity index (χ3v) is 6.11. The Morgan fingerprint density at radius 2 is 1.14 bits per heavy atom. The Bertz CT molecular complexity index is 1040. The van der Waals surface area contributed by atoms with Gasteiger partial charge in [0.2, 0.25) is 0 Å². The van der Waals surface area contributed by atoms with Crippen LogP contribution in [0.4, 0.5) is 0 Å². The van der Waals surface area contributed by atoms with E-state index in [0.717, 1.165) is 16.7 Å². The Morgan fingerprint density at radius 1 is 0.722 bits per heavy atom. The molecule has 1 saturated heterocycles. The number of carbonyl (C=O) groups is 2. The van der Waals surface area contributed by atoms with Gasteiger partial charge in [0, 0.05) is 21.0 Å². The first-order valence-electron chi connectivity index (χ1n) is 11.8. The maximum absolute atomic E-state index is 11.9. The van der Waals surface area contributed by atoms with Gasteiger partial charge in [0.15, 0.2) is 18.5 Å². The minimum absolute atomic E-state index is 0.0221. The van der Waals surface area contributed by atoms with Crippen LogP contribution < -0.4 is 0 Å². The van der Waals surface area contributed by atoms with E-state index in [-0.39, 0.29) is 6.61 Å². The van der Waals surface area contributed by atoms with E-state index in [2.05, 4.69) is 0 Å². The lowest BCUT2D eigenvalue weighted by atomic mass is 9.80. The van der Waals surface area contributed by atoms with Crippen molar-refractivity contribution in [3.05, 3.63) is 108 Å². The largest absolute Gasteiger partial charge is 0.455 e. The number of hydrogen-bond acceptors (Lipinski definition) is 7. The standard InChI is InChI=1S/C29H30O7/c1-20(30)34-26-25(36-28(32-3)27(26)35-21(2)31)19-33-29(22-13-7-4-8-14-22,23-15-9-5-10-16-23)24-17-11-6-12-18-24/h4-18,25-28H,19H2,1-3H3/t25-,26-,27-,28-/m1/s1. The predicted molar refractivity (Wildman–Crippen MR) is 132 cm³/mol. The number of carbonyl (C=O) groups excluding carboxylic acids is 2. The maximum atomic E-state index is 11.9. The number of ether oxygens (including phenoxy) is 5. The van der Waals surface area contributed by atoms with Crippen LogP contribution in [-0.4, -0.2) is 50.3 Å². The van der Waals surface area contributed by atoms with Gasteiger partial charge in [0.25, 0.3) is 0 Å². The van der Waals surface area contributed by atoms with E-state index in [1.807, 2.05) is 91.0 Å². The molecule has 0 radical (unpaired) electrons. The van der Waals surface area contributed by atoms with Gasteiger partial charge in [-0.3, -0.25) is 9.59 Å². The molecular formula is C29H30O7. The van der Waals surface area contributed by atoms with Gasteiger partial charge in [0.1, 0.15) is 11.7 Å². The zero-order valence-electron chi connectivity index (χ0n) is 20.5. The van der Waals surface area contributed by atoms with Crippen molar-refractivity contribution < 1.29 is 33.3 Å². The summed E-state index contributed by atoms with van der Waals surface area (Å²) < 4.78 is 29.2. The van der Waals surface area contributed by atoms with Crippen LogP contribution in [0.25, 0.3) is 0 Å². The lowest BCUT2D eigenvalue weighted by Crippen LogP contribution is -2.43. The molecule has 0 spiro atoms. The molecule has 0 amide bonds. The minimum atomic E-state index is -0.990. The molecule has 3 aromatic carbocycles. The molecule has 0 aromatic heterocycles. The van der Waals surface area contributed by atoms with E-state index in [9.17, 15) is 9.59 Å². The summed E-state index contributed by atoms with van der Waals surface area (Å²) in [7, 11) is 1.44. The molecule has 1 fully saturated rings.